The molecular formula is C15H14N2. The number of nitrogens with zero attached hydrogens (tertiary/aromatic N) is 1. The lowest BCUT2D eigenvalue weighted by atomic mass is 10.2. The van der Waals surface area contributed by atoms with Gasteiger partial charge in [-0.05, 0) is 29.8 Å². The number of hydrogen-bond acceptors (Lipinski definition) is 1. The van der Waals surface area contributed by atoms with Crippen molar-refractivity contribution in [3.8, 4) is 0 Å². The van der Waals surface area contributed by atoms with Gasteiger partial charge in [0.25, 0.3) is 0 Å². The molecule has 0 aliphatic rings. The zero-order chi connectivity index (χ0) is 11.9. The molecule has 0 aliphatic heterocycles. The largest absolute Gasteiger partial charge is 0.381 e. The first kappa shape index (κ1) is 11.2. The summed E-state index contributed by atoms with van der Waals surface area (Å²) >= 11 is 0. The smallest absolute Gasteiger partial charge is 0.239 e. The lowest BCUT2D eigenvalue weighted by molar-refractivity contribution is 1.15. The van der Waals surface area contributed by atoms with E-state index in [1.807, 2.05) is 42.5 Å². The topological polar surface area (TPSA) is 16.4 Å². The van der Waals surface area contributed by atoms with Gasteiger partial charge in [-0.1, -0.05) is 30.3 Å². The molecule has 0 aliphatic carbocycles. The molecule has 0 fully saturated rings. The molecule has 0 atom stereocenters. The van der Waals surface area contributed by atoms with Crippen molar-refractivity contribution in [3.05, 3.63) is 77.1 Å². The molecule has 0 spiro atoms. The second-order valence-electron chi connectivity index (χ2n) is 3.85. The van der Waals surface area contributed by atoms with Crippen molar-refractivity contribution in [2.24, 2.45) is 0 Å². The summed E-state index contributed by atoms with van der Waals surface area (Å²) in [5.41, 5.74) is 3.41. The molecular weight excluding hydrogens is 208 g/mol. The summed E-state index contributed by atoms with van der Waals surface area (Å²) in [7, 11) is 0. The van der Waals surface area contributed by atoms with Gasteiger partial charge in [0.1, 0.15) is 0 Å². The van der Waals surface area contributed by atoms with Gasteiger partial charge in [0.05, 0.1) is 0 Å². The van der Waals surface area contributed by atoms with Gasteiger partial charge in [0.2, 0.25) is 6.54 Å². The van der Waals surface area contributed by atoms with Crippen LogP contribution in [0.3, 0.4) is 0 Å². The van der Waals surface area contributed by atoms with Crippen LogP contribution in [0.1, 0.15) is 11.1 Å². The van der Waals surface area contributed by atoms with Gasteiger partial charge in [0, 0.05) is 17.8 Å². The van der Waals surface area contributed by atoms with E-state index < -0.39 is 0 Å². The van der Waals surface area contributed by atoms with E-state index in [2.05, 4.69) is 22.3 Å². The van der Waals surface area contributed by atoms with Gasteiger partial charge in [-0.15, -0.1) is 0 Å². The second-order valence-corrected chi connectivity index (χ2v) is 3.85. The van der Waals surface area contributed by atoms with E-state index >= 15 is 0 Å². The van der Waals surface area contributed by atoms with Gasteiger partial charge < -0.3 is 10.2 Å². The van der Waals surface area contributed by atoms with Gasteiger partial charge in [-0.3, -0.25) is 0 Å². The molecule has 0 saturated heterocycles. The predicted octanol–water partition coefficient (Wildman–Crippen LogP) is 3.72. The summed E-state index contributed by atoms with van der Waals surface area (Å²) in [6.45, 7) is 8.08. The van der Waals surface area contributed by atoms with E-state index in [0.717, 1.165) is 17.8 Å². The number of rotatable bonds is 4. The lowest BCUT2D eigenvalue weighted by Gasteiger charge is -2.06. The average Bonchev–Trinajstić information content (AvgIpc) is 2.40. The van der Waals surface area contributed by atoms with Crippen molar-refractivity contribution in [1.82, 2.24) is 0 Å². The molecule has 0 bridgehead atoms. The highest BCUT2D eigenvalue weighted by molar-refractivity contribution is 5.45. The highest BCUT2D eigenvalue weighted by Gasteiger charge is 1.96. The molecule has 0 unspecified atom stereocenters. The van der Waals surface area contributed by atoms with E-state index in [4.69, 9.17) is 6.57 Å². The normalized spacial score (nSPS) is 9.59. The molecule has 84 valence electrons. The van der Waals surface area contributed by atoms with Crippen LogP contribution in [0.15, 0.2) is 54.6 Å². The minimum absolute atomic E-state index is 0.457. The van der Waals surface area contributed by atoms with Crippen molar-refractivity contribution in [1.29, 1.82) is 0 Å². The van der Waals surface area contributed by atoms with E-state index in [0.29, 0.717) is 6.54 Å². The Morgan fingerprint density at radius 1 is 0.882 bits per heavy atom. The summed E-state index contributed by atoms with van der Waals surface area (Å²) in [5, 5.41) is 3.35. The third kappa shape index (κ3) is 3.35. The molecule has 2 aromatic carbocycles. The van der Waals surface area contributed by atoms with Crippen LogP contribution in [0.25, 0.3) is 4.85 Å². The van der Waals surface area contributed by atoms with Crippen LogP contribution in [0, 0.1) is 6.57 Å². The van der Waals surface area contributed by atoms with Crippen molar-refractivity contribution in [2.45, 2.75) is 13.1 Å². The summed E-state index contributed by atoms with van der Waals surface area (Å²) in [6, 6.07) is 18.3. The zero-order valence-corrected chi connectivity index (χ0v) is 9.56. The maximum absolute atomic E-state index is 6.80. The molecule has 2 rings (SSSR count). The molecule has 1 N–H and O–H groups in total. The van der Waals surface area contributed by atoms with E-state index in [-0.39, 0.29) is 0 Å². The van der Waals surface area contributed by atoms with Crippen LogP contribution in [0.2, 0.25) is 0 Å². The Morgan fingerprint density at radius 2 is 1.59 bits per heavy atom. The van der Waals surface area contributed by atoms with E-state index in [1.54, 1.807) is 0 Å². The molecule has 0 aromatic heterocycles. The fraction of sp³-hybridized carbons (Fsp3) is 0.133. The maximum Gasteiger partial charge on any atom is 0.239 e. The maximum atomic E-state index is 6.80. The van der Waals surface area contributed by atoms with Crippen LogP contribution in [0.4, 0.5) is 5.69 Å². The van der Waals surface area contributed by atoms with Crippen LogP contribution in [-0.2, 0) is 13.1 Å². The first-order valence-electron chi connectivity index (χ1n) is 5.58. The number of hydrogen-bond donors (Lipinski definition) is 1. The van der Waals surface area contributed by atoms with Crippen molar-refractivity contribution < 1.29 is 0 Å². The SMILES string of the molecule is [C-]#[N+]Cc1ccc(NCc2ccccc2)cc1. The molecule has 0 radical (unpaired) electrons. The third-order valence-corrected chi connectivity index (χ3v) is 2.56. The Bertz CT molecular complexity index is 495. The molecule has 0 heterocycles. The molecule has 2 heteroatoms. The predicted molar refractivity (Wildman–Crippen MR) is 70.5 cm³/mol. The lowest BCUT2D eigenvalue weighted by Crippen LogP contribution is -1.98. The standard InChI is InChI=1S/C15H14N2/c1-16-11-14-7-9-15(10-8-14)17-12-13-5-3-2-4-6-13/h2-10,17H,11-12H2. The zero-order valence-electron chi connectivity index (χ0n) is 9.56. The van der Waals surface area contributed by atoms with Gasteiger partial charge in [0.15, 0.2) is 0 Å². The first-order valence-corrected chi connectivity index (χ1v) is 5.58. The fourth-order valence-electron chi connectivity index (χ4n) is 1.62. The average molecular weight is 222 g/mol. The number of nitrogens with one attached hydrogen (secondary N) is 1. The summed E-state index contributed by atoms with van der Waals surface area (Å²) in [5.74, 6) is 0. The molecule has 2 aromatic rings. The van der Waals surface area contributed by atoms with Crippen LogP contribution >= 0.6 is 0 Å². The Hall–Kier alpha value is -2.27. The van der Waals surface area contributed by atoms with Crippen LogP contribution in [-0.4, -0.2) is 0 Å². The first-order chi connectivity index (χ1) is 8.38. The highest BCUT2D eigenvalue weighted by atomic mass is 14.9. The molecule has 0 amide bonds. The minimum Gasteiger partial charge on any atom is -0.381 e. The third-order valence-electron chi connectivity index (χ3n) is 2.56. The Balaban J connectivity index is 1.94. The van der Waals surface area contributed by atoms with E-state index in [9.17, 15) is 0 Å². The quantitative estimate of drug-likeness (QED) is 0.780. The fourth-order valence-corrected chi connectivity index (χ4v) is 1.62. The highest BCUT2D eigenvalue weighted by Crippen LogP contribution is 2.11. The molecule has 17 heavy (non-hydrogen) atoms. The monoisotopic (exact) mass is 222 g/mol. The van der Waals surface area contributed by atoms with Gasteiger partial charge >= 0.3 is 0 Å². The molecule has 2 nitrogen and oxygen atoms in total. The summed E-state index contributed by atoms with van der Waals surface area (Å²) in [6.07, 6.45) is 0. The van der Waals surface area contributed by atoms with Crippen molar-refractivity contribution in [3.63, 3.8) is 0 Å². The summed E-state index contributed by atoms with van der Waals surface area (Å²) in [4.78, 5) is 3.36. The van der Waals surface area contributed by atoms with Gasteiger partial charge in [-0.25, -0.2) is 6.57 Å². The number of anilines is 1. The summed E-state index contributed by atoms with van der Waals surface area (Å²) < 4.78 is 0. The minimum atomic E-state index is 0.457. The van der Waals surface area contributed by atoms with E-state index in [1.165, 1.54) is 5.56 Å². The second kappa shape index (κ2) is 5.72. The van der Waals surface area contributed by atoms with Crippen LogP contribution in [0.5, 0.6) is 0 Å². The van der Waals surface area contributed by atoms with Gasteiger partial charge in [-0.2, -0.15) is 0 Å². The van der Waals surface area contributed by atoms with Crippen molar-refractivity contribution >= 4 is 5.69 Å². The Labute approximate surface area is 102 Å². The number of benzene rings is 2. The van der Waals surface area contributed by atoms with Crippen molar-refractivity contribution in [2.75, 3.05) is 5.32 Å². The Kier molecular flexibility index (Phi) is 3.77. The molecule has 0 saturated carbocycles. The van der Waals surface area contributed by atoms with Crippen LogP contribution < -0.4 is 5.32 Å². The Morgan fingerprint density at radius 3 is 2.24 bits per heavy atom.